The Bertz CT molecular complexity index is 1290. The van der Waals surface area contributed by atoms with Crippen molar-refractivity contribution in [1.29, 1.82) is 0 Å². The van der Waals surface area contributed by atoms with Crippen LogP contribution in [0.4, 0.5) is 11.4 Å². The normalized spacial score (nSPS) is 11.2. The molecule has 1 N–H and O–H groups in total. The molecule has 0 saturated carbocycles. The predicted molar refractivity (Wildman–Crippen MR) is 143 cm³/mol. The van der Waals surface area contributed by atoms with Gasteiger partial charge in [0.05, 0.1) is 16.8 Å². The molecule has 0 spiro atoms. The number of pyridine rings is 1. The second-order valence-corrected chi connectivity index (χ2v) is 9.41. The van der Waals surface area contributed by atoms with Gasteiger partial charge in [0, 0.05) is 30.2 Å². The van der Waals surface area contributed by atoms with Crippen LogP contribution >= 0.6 is 9.24 Å². The minimum atomic E-state index is 0.0735. The summed E-state index contributed by atoms with van der Waals surface area (Å²) in [7, 11) is 6.90. The summed E-state index contributed by atoms with van der Waals surface area (Å²) in [5, 5.41) is 5.62. The van der Waals surface area contributed by atoms with Gasteiger partial charge in [-0.1, -0.05) is 37.3 Å². The van der Waals surface area contributed by atoms with Crippen LogP contribution in [0, 0.1) is 6.92 Å². The Kier molecular flexibility index (Phi) is 6.88. The molecule has 0 aliphatic heterocycles. The molecule has 0 bridgehead atoms. The summed E-state index contributed by atoms with van der Waals surface area (Å²) in [5.41, 5.74) is 7.94. The summed E-state index contributed by atoms with van der Waals surface area (Å²) in [6, 6.07) is 21.1. The van der Waals surface area contributed by atoms with Gasteiger partial charge in [-0.05, 0) is 78.9 Å². The number of carbonyl (C=O) groups excluding carboxylic acids is 1. The van der Waals surface area contributed by atoms with E-state index in [1.807, 2.05) is 13.0 Å². The molecule has 0 radical (unpaired) electrons. The number of carbonyl (C=O) groups is 1. The SMILES string of the molecule is CCC(=O)c1cnc2ccc(-c3cc(C)cc(P)c3)cc2c1Nc1ccc(CN(C)C)cc1. The molecule has 0 aliphatic carbocycles. The van der Waals surface area contributed by atoms with Gasteiger partial charge in [-0.3, -0.25) is 9.78 Å². The van der Waals surface area contributed by atoms with E-state index in [2.05, 4.69) is 100 Å². The molecular formula is C28H30N3OP. The zero-order valence-electron chi connectivity index (χ0n) is 19.6. The molecule has 1 aromatic heterocycles. The lowest BCUT2D eigenvalue weighted by Gasteiger charge is -2.16. The zero-order valence-corrected chi connectivity index (χ0v) is 20.8. The van der Waals surface area contributed by atoms with Crippen LogP contribution in [0.2, 0.25) is 0 Å². The Morgan fingerprint density at radius 1 is 1.00 bits per heavy atom. The number of nitrogens with one attached hydrogen (secondary N) is 1. The van der Waals surface area contributed by atoms with E-state index < -0.39 is 0 Å². The van der Waals surface area contributed by atoms with Gasteiger partial charge in [0.2, 0.25) is 0 Å². The summed E-state index contributed by atoms with van der Waals surface area (Å²) in [6.07, 6.45) is 2.13. The van der Waals surface area contributed by atoms with Crippen LogP contribution in [0.1, 0.15) is 34.8 Å². The highest BCUT2D eigenvalue weighted by Crippen LogP contribution is 2.33. The molecule has 1 atom stereocenters. The van der Waals surface area contributed by atoms with Crippen molar-refractivity contribution in [2.24, 2.45) is 0 Å². The third-order valence-corrected chi connectivity index (χ3v) is 5.98. The quantitative estimate of drug-likeness (QED) is 0.270. The topological polar surface area (TPSA) is 45.2 Å². The van der Waals surface area contributed by atoms with Gasteiger partial charge < -0.3 is 10.2 Å². The standard InChI is InChI=1S/C28H30N3OP/c1-5-27(32)25-16-29-26-11-8-20(21-12-18(2)13-23(33)14-21)15-24(26)28(25)30-22-9-6-19(7-10-22)17-31(3)4/h6-16H,5,17,33H2,1-4H3,(H,29,30). The van der Waals surface area contributed by atoms with Crippen LogP contribution in [-0.2, 0) is 6.54 Å². The van der Waals surface area contributed by atoms with Crippen molar-refractivity contribution in [2.45, 2.75) is 26.8 Å². The van der Waals surface area contributed by atoms with Gasteiger partial charge in [-0.25, -0.2) is 0 Å². The molecule has 33 heavy (non-hydrogen) atoms. The summed E-state index contributed by atoms with van der Waals surface area (Å²) >= 11 is 0. The van der Waals surface area contributed by atoms with Crippen LogP contribution in [-0.4, -0.2) is 29.8 Å². The molecule has 5 heteroatoms. The average Bonchev–Trinajstić information content (AvgIpc) is 2.78. The molecule has 168 valence electrons. The van der Waals surface area contributed by atoms with E-state index in [0.29, 0.717) is 12.0 Å². The lowest BCUT2D eigenvalue weighted by Crippen LogP contribution is -2.10. The first-order chi connectivity index (χ1) is 15.8. The van der Waals surface area contributed by atoms with Crippen molar-refractivity contribution < 1.29 is 4.79 Å². The number of ketones is 1. The van der Waals surface area contributed by atoms with Crippen LogP contribution in [0.25, 0.3) is 22.0 Å². The zero-order chi connectivity index (χ0) is 23.5. The third-order valence-electron chi connectivity index (χ3n) is 5.64. The highest BCUT2D eigenvalue weighted by atomic mass is 31.0. The van der Waals surface area contributed by atoms with Gasteiger partial charge in [0.1, 0.15) is 0 Å². The Balaban J connectivity index is 1.83. The predicted octanol–water partition coefficient (Wildman–Crippen LogP) is 6.11. The Hall–Kier alpha value is -3.07. The Morgan fingerprint density at radius 3 is 2.42 bits per heavy atom. The average molecular weight is 456 g/mol. The first-order valence-corrected chi connectivity index (χ1v) is 11.8. The third kappa shape index (κ3) is 5.30. The molecule has 3 aromatic carbocycles. The number of rotatable bonds is 7. The second kappa shape index (κ2) is 9.82. The van der Waals surface area contributed by atoms with E-state index in [0.717, 1.165) is 45.3 Å². The minimum Gasteiger partial charge on any atom is -0.354 e. The molecule has 4 rings (SSSR count). The summed E-state index contributed by atoms with van der Waals surface area (Å²) in [5.74, 6) is 0.0735. The van der Waals surface area contributed by atoms with E-state index in [1.54, 1.807) is 6.20 Å². The molecule has 4 nitrogen and oxygen atoms in total. The van der Waals surface area contributed by atoms with E-state index in [1.165, 1.54) is 11.1 Å². The maximum atomic E-state index is 12.8. The van der Waals surface area contributed by atoms with Gasteiger partial charge >= 0.3 is 0 Å². The number of hydrogen-bond acceptors (Lipinski definition) is 4. The van der Waals surface area contributed by atoms with Crippen LogP contribution in [0.15, 0.2) is 66.9 Å². The highest BCUT2D eigenvalue weighted by Gasteiger charge is 2.16. The van der Waals surface area contributed by atoms with Crippen LogP contribution < -0.4 is 10.6 Å². The molecule has 0 aliphatic rings. The van der Waals surface area contributed by atoms with Crippen molar-refractivity contribution in [3.8, 4) is 11.1 Å². The summed E-state index contributed by atoms with van der Waals surface area (Å²) in [6.45, 7) is 4.87. The molecule has 0 amide bonds. The Labute approximate surface area is 198 Å². The fourth-order valence-electron chi connectivity index (χ4n) is 4.09. The largest absolute Gasteiger partial charge is 0.354 e. The van der Waals surface area contributed by atoms with Crippen molar-refractivity contribution >= 4 is 42.6 Å². The monoisotopic (exact) mass is 455 g/mol. The number of fused-ring (bicyclic) bond motifs is 1. The molecule has 1 heterocycles. The first-order valence-electron chi connectivity index (χ1n) is 11.2. The maximum absolute atomic E-state index is 12.8. The molecule has 0 fully saturated rings. The fourth-order valence-corrected chi connectivity index (χ4v) is 4.53. The van der Waals surface area contributed by atoms with Gasteiger partial charge in [-0.15, -0.1) is 9.24 Å². The van der Waals surface area contributed by atoms with Crippen LogP contribution in [0.3, 0.4) is 0 Å². The van der Waals surface area contributed by atoms with Crippen molar-refractivity contribution in [1.82, 2.24) is 9.88 Å². The van der Waals surface area contributed by atoms with E-state index in [-0.39, 0.29) is 5.78 Å². The van der Waals surface area contributed by atoms with Crippen molar-refractivity contribution in [3.05, 3.63) is 83.6 Å². The van der Waals surface area contributed by atoms with Crippen LogP contribution in [0.5, 0.6) is 0 Å². The number of benzene rings is 3. The van der Waals surface area contributed by atoms with E-state index in [4.69, 9.17) is 0 Å². The molecule has 1 unspecified atom stereocenters. The van der Waals surface area contributed by atoms with E-state index in [9.17, 15) is 4.79 Å². The van der Waals surface area contributed by atoms with Gasteiger partial charge in [-0.2, -0.15) is 0 Å². The first kappa shape index (κ1) is 23.1. The smallest absolute Gasteiger partial charge is 0.166 e. The molecule has 0 saturated heterocycles. The number of hydrogen-bond donors (Lipinski definition) is 1. The number of nitrogens with zero attached hydrogens (tertiary/aromatic N) is 2. The Morgan fingerprint density at radius 2 is 1.76 bits per heavy atom. The number of aromatic nitrogens is 1. The van der Waals surface area contributed by atoms with Gasteiger partial charge in [0.15, 0.2) is 5.78 Å². The van der Waals surface area contributed by atoms with Crippen molar-refractivity contribution in [2.75, 3.05) is 19.4 Å². The van der Waals surface area contributed by atoms with Gasteiger partial charge in [0.25, 0.3) is 0 Å². The number of aryl methyl sites for hydroxylation is 1. The number of Topliss-reactive ketones (excluding diaryl/α,β-unsaturated/α-hetero) is 1. The lowest BCUT2D eigenvalue weighted by molar-refractivity contribution is 0.0989. The maximum Gasteiger partial charge on any atom is 0.166 e. The summed E-state index contributed by atoms with van der Waals surface area (Å²) < 4.78 is 0. The second-order valence-electron chi connectivity index (χ2n) is 8.75. The lowest BCUT2D eigenvalue weighted by atomic mass is 9.98. The van der Waals surface area contributed by atoms with E-state index >= 15 is 0 Å². The minimum absolute atomic E-state index is 0.0735. The molecular weight excluding hydrogens is 425 g/mol. The highest BCUT2D eigenvalue weighted by molar-refractivity contribution is 7.27. The number of anilines is 2. The fraction of sp³-hybridized carbons (Fsp3) is 0.214. The summed E-state index contributed by atoms with van der Waals surface area (Å²) in [4.78, 5) is 19.5. The molecule has 4 aromatic rings. The van der Waals surface area contributed by atoms with Crippen molar-refractivity contribution in [3.63, 3.8) is 0 Å².